The summed E-state index contributed by atoms with van der Waals surface area (Å²) in [5.74, 6) is 0.329. The molecule has 3 aromatic rings. The van der Waals surface area contributed by atoms with Gasteiger partial charge in [-0.05, 0) is 42.3 Å². The van der Waals surface area contributed by atoms with E-state index in [-0.39, 0.29) is 17.2 Å². The van der Waals surface area contributed by atoms with Crippen LogP contribution in [-0.2, 0) is 17.4 Å². The average Bonchev–Trinajstić information content (AvgIpc) is 3.38. The fourth-order valence-corrected chi connectivity index (χ4v) is 4.41. The van der Waals surface area contributed by atoms with Gasteiger partial charge in [0.05, 0.1) is 27.1 Å². The van der Waals surface area contributed by atoms with Crippen LogP contribution < -0.4 is 5.32 Å². The largest absolute Gasteiger partial charge is 0.455 e. The number of benzene rings is 2. The molecule has 1 atom stereocenters. The molecule has 1 aliphatic rings. The van der Waals surface area contributed by atoms with Crippen LogP contribution in [0.1, 0.15) is 16.9 Å². The van der Waals surface area contributed by atoms with Gasteiger partial charge in [0, 0.05) is 5.56 Å². The summed E-state index contributed by atoms with van der Waals surface area (Å²) in [6.45, 7) is 0. The number of nitrogens with zero attached hydrogens (tertiary/aromatic N) is 2. The van der Waals surface area contributed by atoms with Crippen molar-refractivity contribution in [2.75, 3.05) is 0 Å². The molecule has 1 saturated heterocycles. The van der Waals surface area contributed by atoms with Gasteiger partial charge >= 0.3 is 6.18 Å². The van der Waals surface area contributed by atoms with Gasteiger partial charge in [0.25, 0.3) is 0 Å². The molecule has 2 heterocycles. The second-order valence-corrected chi connectivity index (χ2v) is 8.92. The van der Waals surface area contributed by atoms with E-state index in [2.05, 4.69) is 15.5 Å². The Morgan fingerprint density at radius 1 is 1.12 bits per heavy atom. The van der Waals surface area contributed by atoms with Crippen LogP contribution in [0.4, 0.5) is 13.2 Å². The van der Waals surface area contributed by atoms with Crippen molar-refractivity contribution in [2.24, 2.45) is 10.2 Å². The highest BCUT2D eigenvalue weighted by molar-refractivity contribution is 8.15. The lowest BCUT2D eigenvalue weighted by Crippen LogP contribution is -2.26. The maximum Gasteiger partial charge on any atom is 0.416 e. The van der Waals surface area contributed by atoms with E-state index in [1.807, 2.05) is 0 Å². The smallest absolute Gasteiger partial charge is 0.416 e. The van der Waals surface area contributed by atoms with E-state index in [4.69, 9.17) is 27.6 Å². The second-order valence-electron chi connectivity index (χ2n) is 6.94. The fraction of sp³-hybridized carbons (Fsp3) is 0.136. The first kappa shape index (κ1) is 23.4. The zero-order valence-corrected chi connectivity index (χ0v) is 18.9. The molecule has 1 amide bonds. The number of amides is 1. The summed E-state index contributed by atoms with van der Waals surface area (Å²) < 4.78 is 44.3. The molecular formula is C22H14Cl2F3N3O2S. The molecule has 170 valence electrons. The first-order valence-electron chi connectivity index (χ1n) is 9.49. The minimum Gasteiger partial charge on any atom is -0.455 e. The van der Waals surface area contributed by atoms with Crippen LogP contribution in [0, 0.1) is 0 Å². The highest BCUT2D eigenvalue weighted by atomic mass is 35.5. The van der Waals surface area contributed by atoms with E-state index in [1.165, 1.54) is 30.1 Å². The summed E-state index contributed by atoms with van der Waals surface area (Å²) in [6.07, 6.45) is -2.77. The Labute approximate surface area is 200 Å². The van der Waals surface area contributed by atoms with Gasteiger partial charge in [0.2, 0.25) is 5.91 Å². The summed E-state index contributed by atoms with van der Waals surface area (Å²) >= 11 is 13.4. The Morgan fingerprint density at radius 2 is 1.91 bits per heavy atom. The van der Waals surface area contributed by atoms with Crippen molar-refractivity contribution in [3.63, 3.8) is 0 Å². The SMILES string of the molecule is O=C1NC(=NN=Cc2ccc(-c3cccc(C(F)(F)F)c3)o2)SC1Cc1cccc(Cl)c1Cl. The third kappa shape index (κ3) is 5.61. The van der Waals surface area contributed by atoms with Crippen molar-refractivity contribution in [1.29, 1.82) is 0 Å². The van der Waals surface area contributed by atoms with Crippen LogP contribution in [0.3, 0.4) is 0 Å². The quantitative estimate of drug-likeness (QED) is 0.316. The van der Waals surface area contributed by atoms with Crippen LogP contribution in [0.2, 0.25) is 10.0 Å². The number of thioether (sulfide) groups is 1. The van der Waals surface area contributed by atoms with Crippen molar-refractivity contribution >= 4 is 52.3 Å². The van der Waals surface area contributed by atoms with Gasteiger partial charge in [-0.3, -0.25) is 4.79 Å². The Bertz CT molecular complexity index is 1260. The number of alkyl halides is 3. The van der Waals surface area contributed by atoms with Crippen LogP contribution in [0.25, 0.3) is 11.3 Å². The molecule has 1 aromatic heterocycles. The van der Waals surface area contributed by atoms with Crippen molar-refractivity contribution in [3.8, 4) is 11.3 Å². The summed E-state index contributed by atoms with van der Waals surface area (Å²) in [7, 11) is 0. The van der Waals surface area contributed by atoms with E-state index in [1.54, 1.807) is 30.3 Å². The Balaban J connectivity index is 1.41. The molecule has 33 heavy (non-hydrogen) atoms. The highest BCUT2D eigenvalue weighted by Crippen LogP contribution is 2.33. The van der Waals surface area contributed by atoms with Gasteiger partial charge in [-0.15, -0.1) is 5.10 Å². The number of rotatable bonds is 5. The molecule has 0 radical (unpaired) electrons. The maximum atomic E-state index is 12.9. The zero-order valence-electron chi connectivity index (χ0n) is 16.6. The van der Waals surface area contributed by atoms with Crippen LogP contribution in [0.15, 0.2) is 69.2 Å². The number of carbonyl (C=O) groups excluding carboxylic acids is 1. The average molecular weight is 512 g/mol. The first-order chi connectivity index (χ1) is 15.7. The number of hydrogen-bond acceptors (Lipinski definition) is 5. The number of hydrogen-bond donors (Lipinski definition) is 1. The van der Waals surface area contributed by atoms with Gasteiger partial charge in [-0.2, -0.15) is 18.3 Å². The normalized spacial score (nSPS) is 17.8. The zero-order chi connectivity index (χ0) is 23.6. The maximum absolute atomic E-state index is 12.9. The number of amidine groups is 1. The molecular weight excluding hydrogens is 498 g/mol. The van der Waals surface area contributed by atoms with Gasteiger partial charge in [-0.25, -0.2) is 0 Å². The monoisotopic (exact) mass is 511 g/mol. The molecule has 0 saturated carbocycles. The molecule has 1 unspecified atom stereocenters. The Morgan fingerprint density at radius 3 is 2.70 bits per heavy atom. The summed E-state index contributed by atoms with van der Waals surface area (Å²) in [6, 6.07) is 13.2. The number of halogens is 5. The molecule has 4 rings (SSSR count). The lowest BCUT2D eigenvalue weighted by atomic mass is 10.1. The summed E-state index contributed by atoms with van der Waals surface area (Å²) in [5, 5.41) is 11.2. The third-order valence-corrected chi connectivity index (χ3v) is 6.58. The first-order valence-corrected chi connectivity index (χ1v) is 11.1. The lowest BCUT2D eigenvalue weighted by Gasteiger charge is -2.08. The third-order valence-electron chi connectivity index (χ3n) is 4.65. The Kier molecular flexibility index (Phi) is 6.83. The van der Waals surface area contributed by atoms with Crippen molar-refractivity contribution < 1.29 is 22.4 Å². The van der Waals surface area contributed by atoms with Crippen LogP contribution >= 0.6 is 35.0 Å². The molecule has 0 bridgehead atoms. The molecule has 0 aliphatic carbocycles. The highest BCUT2D eigenvalue weighted by Gasteiger charge is 2.31. The van der Waals surface area contributed by atoms with E-state index in [0.29, 0.717) is 27.4 Å². The molecule has 2 aromatic carbocycles. The predicted octanol–water partition coefficient (Wildman–Crippen LogP) is 6.44. The minimum absolute atomic E-state index is 0.227. The molecule has 11 heteroatoms. The molecule has 0 spiro atoms. The van der Waals surface area contributed by atoms with Gasteiger partial charge in [0.1, 0.15) is 11.5 Å². The molecule has 5 nitrogen and oxygen atoms in total. The topological polar surface area (TPSA) is 67.0 Å². The number of nitrogens with one attached hydrogen (secondary N) is 1. The van der Waals surface area contributed by atoms with E-state index in [0.717, 1.165) is 17.7 Å². The van der Waals surface area contributed by atoms with Crippen molar-refractivity contribution in [2.45, 2.75) is 17.8 Å². The van der Waals surface area contributed by atoms with Crippen molar-refractivity contribution in [3.05, 3.63) is 81.5 Å². The fourth-order valence-electron chi connectivity index (χ4n) is 3.06. The van der Waals surface area contributed by atoms with Gasteiger partial charge < -0.3 is 9.73 Å². The molecule has 1 N–H and O–H groups in total. The van der Waals surface area contributed by atoms with Crippen LogP contribution in [-0.4, -0.2) is 22.5 Å². The van der Waals surface area contributed by atoms with E-state index in [9.17, 15) is 18.0 Å². The van der Waals surface area contributed by atoms with E-state index < -0.39 is 17.0 Å². The molecule has 1 fully saturated rings. The van der Waals surface area contributed by atoms with Gasteiger partial charge in [0.15, 0.2) is 5.17 Å². The number of carbonyl (C=O) groups is 1. The molecule has 1 aliphatic heterocycles. The standard InChI is InChI=1S/C22H14Cl2F3N3O2S/c23-16-6-2-4-13(19(16)24)10-18-20(31)29-21(33-18)30-28-11-15-7-8-17(32-15)12-3-1-5-14(9-12)22(25,26)27/h1-9,11,18H,10H2,(H,29,30,31). The Hall–Kier alpha value is -2.75. The summed E-state index contributed by atoms with van der Waals surface area (Å²) in [4.78, 5) is 12.2. The minimum atomic E-state index is -4.44. The predicted molar refractivity (Wildman–Crippen MR) is 124 cm³/mol. The number of furan rings is 1. The second kappa shape index (κ2) is 9.62. The summed E-state index contributed by atoms with van der Waals surface area (Å²) in [5.41, 5.74) is 0.275. The van der Waals surface area contributed by atoms with Gasteiger partial charge in [-0.1, -0.05) is 59.2 Å². The van der Waals surface area contributed by atoms with E-state index >= 15 is 0 Å². The van der Waals surface area contributed by atoms with Crippen molar-refractivity contribution in [1.82, 2.24) is 5.32 Å². The lowest BCUT2D eigenvalue weighted by molar-refractivity contribution is -0.137. The van der Waals surface area contributed by atoms with Crippen LogP contribution in [0.5, 0.6) is 0 Å².